The molecule has 2 rings (SSSR count). The largest absolute Gasteiger partial charge is 0.473 e. The van der Waals surface area contributed by atoms with Crippen LogP contribution >= 0.6 is 11.3 Å². The van der Waals surface area contributed by atoms with Gasteiger partial charge in [0.2, 0.25) is 0 Å². The summed E-state index contributed by atoms with van der Waals surface area (Å²) in [6.07, 6.45) is 1.80. The zero-order valence-corrected chi connectivity index (χ0v) is 9.34. The summed E-state index contributed by atoms with van der Waals surface area (Å²) >= 11 is 1.27. The van der Waals surface area contributed by atoms with E-state index in [9.17, 15) is 4.79 Å². The number of carbonyl (C=O) groups is 1. The number of anilines is 1. The van der Waals surface area contributed by atoms with Gasteiger partial charge in [-0.05, 0) is 6.42 Å². The minimum atomic E-state index is 0.532. The third-order valence-corrected chi connectivity index (χ3v) is 3.28. The maximum Gasteiger partial charge on any atom is 0.275 e. The summed E-state index contributed by atoms with van der Waals surface area (Å²) in [5, 5.41) is 0.532. The predicted molar refractivity (Wildman–Crippen MR) is 60.0 cm³/mol. The fourth-order valence-electron chi connectivity index (χ4n) is 1.60. The van der Waals surface area contributed by atoms with Gasteiger partial charge < -0.3 is 9.64 Å². The molecular formula is C10H12N2O2S. The van der Waals surface area contributed by atoms with E-state index in [1.165, 1.54) is 16.9 Å². The second kappa shape index (κ2) is 4.02. The lowest BCUT2D eigenvalue weighted by atomic mass is 10.3. The van der Waals surface area contributed by atoms with Gasteiger partial charge in [-0.25, -0.2) is 0 Å². The normalized spacial score (nSPS) is 15.8. The molecule has 2 heterocycles. The van der Waals surface area contributed by atoms with Crippen LogP contribution in [0, 0.1) is 0 Å². The van der Waals surface area contributed by atoms with Crippen molar-refractivity contribution in [2.75, 3.05) is 25.1 Å². The SMILES string of the molecule is C=C1CCN(c2nc(OC)sc2C=O)C1. The lowest BCUT2D eigenvalue weighted by Gasteiger charge is -2.13. The Kier molecular flexibility index (Phi) is 2.73. The van der Waals surface area contributed by atoms with E-state index >= 15 is 0 Å². The van der Waals surface area contributed by atoms with E-state index in [1.54, 1.807) is 7.11 Å². The van der Waals surface area contributed by atoms with Gasteiger partial charge in [0.1, 0.15) is 4.88 Å². The van der Waals surface area contributed by atoms with Crippen LogP contribution < -0.4 is 9.64 Å². The molecule has 0 spiro atoms. The van der Waals surface area contributed by atoms with Gasteiger partial charge in [0.25, 0.3) is 5.19 Å². The average molecular weight is 224 g/mol. The lowest BCUT2D eigenvalue weighted by molar-refractivity contribution is 0.112. The molecule has 1 aliphatic rings. The second-order valence-corrected chi connectivity index (χ2v) is 4.40. The zero-order chi connectivity index (χ0) is 10.8. The molecular weight excluding hydrogens is 212 g/mol. The maximum atomic E-state index is 10.9. The van der Waals surface area contributed by atoms with E-state index in [-0.39, 0.29) is 0 Å². The van der Waals surface area contributed by atoms with Crippen molar-refractivity contribution in [2.45, 2.75) is 6.42 Å². The minimum absolute atomic E-state index is 0.532. The molecule has 0 bridgehead atoms. The molecule has 0 aromatic carbocycles. The van der Waals surface area contributed by atoms with Crippen LogP contribution in [0.4, 0.5) is 5.82 Å². The summed E-state index contributed by atoms with van der Waals surface area (Å²) in [5.74, 6) is 0.727. The van der Waals surface area contributed by atoms with Crippen molar-refractivity contribution in [3.8, 4) is 5.19 Å². The molecule has 0 atom stereocenters. The van der Waals surface area contributed by atoms with Gasteiger partial charge in [0.15, 0.2) is 12.1 Å². The van der Waals surface area contributed by atoms with Gasteiger partial charge >= 0.3 is 0 Å². The topological polar surface area (TPSA) is 42.4 Å². The third kappa shape index (κ3) is 1.87. The van der Waals surface area contributed by atoms with Gasteiger partial charge in [-0.3, -0.25) is 4.79 Å². The number of hydrogen-bond donors (Lipinski definition) is 0. The monoisotopic (exact) mass is 224 g/mol. The first kappa shape index (κ1) is 10.2. The first-order valence-electron chi connectivity index (χ1n) is 4.66. The Labute approximate surface area is 92.2 Å². The number of aromatic nitrogens is 1. The van der Waals surface area contributed by atoms with Crippen LogP contribution in [0.5, 0.6) is 5.19 Å². The van der Waals surface area contributed by atoms with Crippen LogP contribution in [-0.4, -0.2) is 31.5 Å². The van der Waals surface area contributed by atoms with Crippen molar-refractivity contribution in [1.82, 2.24) is 4.98 Å². The average Bonchev–Trinajstić information content (AvgIpc) is 2.82. The van der Waals surface area contributed by atoms with Crippen molar-refractivity contribution in [1.29, 1.82) is 0 Å². The fraction of sp³-hybridized carbons (Fsp3) is 0.400. The van der Waals surface area contributed by atoms with E-state index in [4.69, 9.17) is 4.74 Å². The highest BCUT2D eigenvalue weighted by Gasteiger charge is 2.22. The number of ether oxygens (including phenoxy) is 1. The lowest BCUT2D eigenvalue weighted by Crippen LogP contribution is -2.19. The smallest absolute Gasteiger partial charge is 0.275 e. The summed E-state index contributed by atoms with van der Waals surface area (Å²) in [6.45, 7) is 5.59. The van der Waals surface area contributed by atoms with E-state index in [1.807, 2.05) is 0 Å². The Morgan fingerprint density at radius 1 is 1.67 bits per heavy atom. The van der Waals surface area contributed by atoms with Crippen LogP contribution in [0.25, 0.3) is 0 Å². The maximum absolute atomic E-state index is 10.9. The molecule has 0 aliphatic carbocycles. The highest BCUT2D eigenvalue weighted by Crippen LogP contribution is 2.32. The molecule has 80 valence electrons. The molecule has 0 radical (unpaired) electrons. The molecule has 0 unspecified atom stereocenters. The summed E-state index contributed by atoms with van der Waals surface area (Å²) in [4.78, 5) is 17.8. The third-order valence-electron chi connectivity index (χ3n) is 2.35. The Balaban J connectivity index is 2.29. The van der Waals surface area contributed by atoms with E-state index in [0.29, 0.717) is 10.1 Å². The number of methoxy groups -OCH3 is 1. The van der Waals surface area contributed by atoms with Crippen LogP contribution in [0.3, 0.4) is 0 Å². The highest BCUT2D eigenvalue weighted by atomic mass is 32.1. The molecule has 1 aliphatic heterocycles. The number of nitrogens with zero attached hydrogens (tertiary/aromatic N) is 2. The van der Waals surface area contributed by atoms with Crippen molar-refractivity contribution in [3.63, 3.8) is 0 Å². The number of aldehydes is 1. The van der Waals surface area contributed by atoms with Crippen LogP contribution in [0.15, 0.2) is 12.2 Å². The van der Waals surface area contributed by atoms with Gasteiger partial charge in [-0.2, -0.15) is 4.98 Å². The molecule has 0 N–H and O–H groups in total. The summed E-state index contributed by atoms with van der Waals surface area (Å²) in [6, 6.07) is 0. The van der Waals surface area contributed by atoms with Crippen LogP contribution in [-0.2, 0) is 0 Å². The minimum Gasteiger partial charge on any atom is -0.473 e. The van der Waals surface area contributed by atoms with Crippen LogP contribution in [0.2, 0.25) is 0 Å². The molecule has 0 saturated carbocycles. The molecule has 4 nitrogen and oxygen atoms in total. The number of carbonyl (C=O) groups excluding carboxylic acids is 1. The molecule has 0 amide bonds. The van der Waals surface area contributed by atoms with Crippen molar-refractivity contribution in [2.24, 2.45) is 0 Å². The molecule has 15 heavy (non-hydrogen) atoms. The quantitative estimate of drug-likeness (QED) is 0.579. The fourth-order valence-corrected chi connectivity index (χ4v) is 2.31. The van der Waals surface area contributed by atoms with Crippen molar-refractivity contribution >= 4 is 23.4 Å². The number of thiazole rings is 1. The standard InChI is InChI=1S/C10H12N2O2S/c1-7-3-4-12(5-7)9-8(6-13)15-10(11-9)14-2/h6H,1,3-5H2,2H3. The summed E-state index contributed by atoms with van der Waals surface area (Å²) in [5.41, 5.74) is 1.18. The molecule has 1 fully saturated rings. The van der Waals surface area contributed by atoms with Gasteiger partial charge in [0.05, 0.1) is 7.11 Å². The Morgan fingerprint density at radius 3 is 3.00 bits per heavy atom. The van der Waals surface area contributed by atoms with Gasteiger partial charge in [0, 0.05) is 13.1 Å². The van der Waals surface area contributed by atoms with Crippen LogP contribution in [0.1, 0.15) is 16.1 Å². The van der Waals surface area contributed by atoms with Gasteiger partial charge in [-0.1, -0.05) is 23.5 Å². The van der Waals surface area contributed by atoms with Crippen molar-refractivity contribution in [3.05, 3.63) is 17.0 Å². The van der Waals surface area contributed by atoms with E-state index < -0.39 is 0 Å². The molecule has 1 saturated heterocycles. The second-order valence-electron chi connectivity index (χ2n) is 3.41. The first-order chi connectivity index (χ1) is 7.24. The number of hydrogen-bond acceptors (Lipinski definition) is 5. The molecule has 5 heteroatoms. The molecule has 1 aromatic rings. The first-order valence-corrected chi connectivity index (χ1v) is 5.48. The Morgan fingerprint density at radius 2 is 2.47 bits per heavy atom. The number of rotatable bonds is 3. The molecule has 1 aromatic heterocycles. The zero-order valence-electron chi connectivity index (χ0n) is 8.52. The van der Waals surface area contributed by atoms with Gasteiger partial charge in [-0.15, -0.1) is 0 Å². The van der Waals surface area contributed by atoms with E-state index in [2.05, 4.69) is 16.5 Å². The Hall–Kier alpha value is -1.36. The Bertz CT molecular complexity index is 400. The highest BCUT2D eigenvalue weighted by molar-refractivity contribution is 7.15. The van der Waals surface area contributed by atoms with Crippen molar-refractivity contribution < 1.29 is 9.53 Å². The summed E-state index contributed by atoms with van der Waals surface area (Å²) in [7, 11) is 1.56. The van der Waals surface area contributed by atoms with E-state index in [0.717, 1.165) is 31.6 Å². The summed E-state index contributed by atoms with van der Waals surface area (Å²) < 4.78 is 5.02. The predicted octanol–water partition coefficient (Wildman–Crippen LogP) is 1.73.